The van der Waals surface area contributed by atoms with Crippen LogP contribution in [-0.4, -0.2) is 36.0 Å². The van der Waals surface area contributed by atoms with E-state index in [1.807, 2.05) is 0 Å². The summed E-state index contributed by atoms with van der Waals surface area (Å²) in [6.45, 7) is 3.51. The standard InChI is InChI=1S/C21H40N2O4/c1-2-3-4-5-6-9-14-19(24)22-17-12-7-10-15-20(25)23-18-13-8-11-16-21(26)27/h2-18H2,1H3,(H,22,24)(H,23,25)(H,26,27). The first kappa shape index (κ1) is 25.4. The summed E-state index contributed by atoms with van der Waals surface area (Å²) in [6.07, 6.45) is 13.5. The number of carbonyl (C=O) groups is 3. The summed E-state index contributed by atoms with van der Waals surface area (Å²) in [5, 5.41) is 14.3. The smallest absolute Gasteiger partial charge is 0.303 e. The van der Waals surface area contributed by atoms with Crippen LogP contribution in [0.5, 0.6) is 0 Å². The second kappa shape index (κ2) is 19.2. The van der Waals surface area contributed by atoms with Crippen molar-refractivity contribution in [1.82, 2.24) is 10.6 Å². The van der Waals surface area contributed by atoms with Crippen LogP contribution in [0.15, 0.2) is 0 Å². The lowest BCUT2D eigenvalue weighted by Gasteiger charge is -2.06. The molecule has 0 heterocycles. The average Bonchev–Trinajstić information content (AvgIpc) is 2.63. The van der Waals surface area contributed by atoms with Crippen LogP contribution in [0.2, 0.25) is 0 Å². The summed E-state index contributed by atoms with van der Waals surface area (Å²) in [6, 6.07) is 0. The fraction of sp³-hybridized carbons (Fsp3) is 0.857. The van der Waals surface area contributed by atoms with Gasteiger partial charge in [0.15, 0.2) is 0 Å². The number of rotatable bonds is 19. The van der Waals surface area contributed by atoms with Gasteiger partial charge in [-0.05, 0) is 32.1 Å². The SMILES string of the molecule is CCCCCCCCC(=O)NCCCCCC(=O)NCCCCCC(=O)O. The number of carboxylic acid groups (broad SMARTS) is 1. The quantitative estimate of drug-likeness (QED) is 0.291. The monoisotopic (exact) mass is 384 g/mol. The van der Waals surface area contributed by atoms with Crippen molar-refractivity contribution in [3.8, 4) is 0 Å². The van der Waals surface area contributed by atoms with Gasteiger partial charge in [-0.3, -0.25) is 14.4 Å². The summed E-state index contributed by atoms with van der Waals surface area (Å²) in [7, 11) is 0. The molecule has 158 valence electrons. The lowest BCUT2D eigenvalue weighted by atomic mass is 10.1. The normalized spacial score (nSPS) is 10.6. The number of carbonyl (C=O) groups excluding carboxylic acids is 2. The van der Waals surface area contributed by atoms with Crippen molar-refractivity contribution in [3.05, 3.63) is 0 Å². The molecule has 0 aliphatic rings. The van der Waals surface area contributed by atoms with Crippen LogP contribution in [0.25, 0.3) is 0 Å². The van der Waals surface area contributed by atoms with Crippen LogP contribution >= 0.6 is 0 Å². The molecule has 0 aromatic rings. The third-order valence-electron chi connectivity index (χ3n) is 4.55. The molecule has 6 heteroatoms. The van der Waals surface area contributed by atoms with Crippen LogP contribution in [0.4, 0.5) is 0 Å². The van der Waals surface area contributed by atoms with Crippen molar-refractivity contribution in [2.24, 2.45) is 0 Å². The highest BCUT2D eigenvalue weighted by Gasteiger charge is 2.03. The summed E-state index contributed by atoms with van der Waals surface area (Å²) < 4.78 is 0. The maximum absolute atomic E-state index is 11.7. The third-order valence-corrected chi connectivity index (χ3v) is 4.55. The van der Waals surface area contributed by atoms with Gasteiger partial charge in [0.25, 0.3) is 0 Å². The summed E-state index contributed by atoms with van der Waals surface area (Å²) >= 11 is 0. The van der Waals surface area contributed by atoms with Crippen LogP contribution in [0, 0.1) is 0 Å². The predicted octanol–water partition coefficient (Wildman–Crippen LogP) is 4.17. The van der Waals surface area contributed by atoms with Crippen LogP contribution in [-0.2, 0) is 14.4 Å². The lowest BCUT2D eigenvalue weighted by Crippen LogP contribution is -2.25. The average molecular weight is 385 g/mol. The lowest BCUT2D eigenvalue weighted by molar-refractivity contribution is -0.137. The zero-order valence-corrected chi connectivity index (χ0v) is 17.2. The Balaban J connectivity index is 3.31. The fourth-order valence-corrected chi connectivity index (χ4v) is 2.86. The van der Waals surface area contributed by atoms with Gasteiger partial charge in [0.1, 0.15) is 0 Å². The van der Waals surface area contributed by atoms with Gasteiger partial charge in [0.05, 0.1) is 0 Å². The van der Waals surface area contributed by atoms with Gasteiger partial charge in [-0.2, -0.15) is 0 Å². The van der Waals surface area contributed by atoms with E-state index in [9.17, 15) is 14.4 Å². The van der Waals surface area contributed by atoms with E-state index in [0.29, 0.717) is 32.4 Å². The van der Waals surface area contributed by atoms with E-state index in [-0.39, 0.29) is 18.2 Å². The molecule has 6 nitrogen and oxygen atoms in total. The van der Waals surface area contributed by atoms with Gasteiger partial charge in [0, 0.05) is 32.4 Å². The fourth-order valence-electron chi connectivity index (χ4n) is 2.86. The molecule has 0 radical (unpaired) electrons. The molecular formula is C21H40N2O4. The van der Waals surface area contributed by atoms with Crippen LogP contribution in [0.3, 0.4) is 0 Å². The second-order valence-electron chi connectivity index (χ2n) is 7.23. The molecule has 0 unspecified atom stereocenters. The van der Waals surface area contributed by atoms with Gasteiger partial charge < -0.3 is 15.7 Å². The number of nitrogens with one attached hydrogen (secondary N) is 2. The minimum Gasteiger partial charge on any atom is -0.481 e. The van der Waals surface area contributed by atoms with Crippen molar-refractivity contribution < 1.29 is 19.5 Å². The van der Waals surface area contributed by atoms with Crippen molar-refractivity contribution in [3.63, 3.8) is 0 Å². The Labute approximate surface area is 164 Å². The van der Waals surface area contributed by atoms with Gasteiger partial charge in [0.2, 0.25) is 11.8 Å². The summed E-state index contributed by atoms with van der Waals surface area (Å²) in [4.78, 5) is 33.7. The topological polar surface area (TPSA) is 95.5 Å². The molecule has 0 fully saturated rings. The Bertz CT molecular complexity index is 400. The molecule has 27 heavy (non-hydrogen) atoms. The van der Waals surface area contributed by atoms with E-state index >= 15 is 0 Å². The molecule has 0 saturated carbocycles. The number of carboxylic acids is 1. The third kappa shape index (κ3) is 20.6. The van der Waals surface area contributed by atoms with E-state index in [1.54, 1.807) is 0 Å². The van der Waals surface area contributed by atoms with Gasteiger partial charge in [-0.1, -0.05) is 51.9 Å². The highest BCUT2D eigenvalue weighted by atomic mass is 16.4. The molecule has 0 rings (SSSR count). The van der Waals surface area contributed by atoms with E-state index in [2.05, 4.69) is 17.6 Å². The molecule has 0 atom stereocenters. The maximum Gasteiger partial charge on any atom is 0.303 e. The van der Waals surface area contributed by atoms with Crippen molar-refractivity contribution in [2.45, 2.75) is 103 Å². The second-order valence-corrected chi connectivity index (χ2v) is 7.23. The Hall–Kier alpha value is -1.59. The highest BCUT2D eigenvalue weighted by molar-refractivity contribution is 5.76. The molecule has 2 amide bonds. The van der Waals surface area contributed by atoms with Crippen LogP contribution in [0.1, 0.15) is 103 Å². The number of amides is 2. The zero-order valence-electron chi connectivity index (χ0n) is 17.2. The Kier molecular flexibility index (Phi) is 18.0. The van der Waals surface area contributed by atoms with Gasteiger partial charge >= 0.3 is 5.97 Å². The first-order valence-corrected chi connectivity index (χ1v) is 10.8. The van der Waals surface area contributed by atoms with E-state index in [4.69, 9.17) is 5.11 Å². The first-order valence-electron chi connectivity index (χ1n) is 10.8. The Morgan fingerprint density at radius 3 is 1.48 bits per heavy atom. The van der Waals surface area contributed by atoms with Gasteiger partial charge in [-0.25, -0.2) is 0 Å². The number of aliphatic carboxylic acids is 1. The minimum atomic E-state index is -0.766. The van der Waals surface area contributed by atoms with E-state index in [1.165, 1.54) is 25.7 Å². The molecule has 0 aromatic carbocycles. The molecule has 0 aliphatic carbocycles. The molecule has 0 saturated heterocycles. The number of hydrogen-bond donors (Lipinski definition) is 3. The molecule has 0 aromatic heterocycles. The zero-order chi connectivity index (χ0) is 20.2. The Morgan fingerprint density at radius 1 is 0.593 bits per heavy atom. The highest BCUT2D eigenvalue weighted by Crippen LogP contribution is 2.07. The molecule has 0 bridgehead atoms. The summed E-state index contributed by atoms with van der Waals surface area (Å²) in [5.41, 5.74) is 0. The van der Waals surface area contributed by atoms with Gasteiger partial charge in [-0.15, -0.1) is 0 Å². The first-order chi connectivity index (χ1) is 13.1. The minimum absolute atomic E-state index is 0.0559. The summed E-state index contributed by atoms with van der Waals surface area (Å²) in [5.74, 6) is -0.566. The Morgan fingerprint density at radius 2 is 1.00 bits per heavy atom. The van der Waals surface area contributed by atoms with E-state index < -0.39 is 5.97 Å². The largest absolute Gasteiger partial charge is 0.481 e. The van der Waals surface area contributed by atoms with Crippen molar-refractivity contribution >= 4 is 17.8 Å². The molecule has 3 N–H and O–H groups in total. The maximum atomic E-state index is 11.7. The molecular weight excluding hydrogens is 344 g/mol. The van der Waals surface area contributed by atoms with E-state index in [0.717, 1.165) is 44.9 Å². The van der Waals surface area contributed by atoms with Crippen LogP contribution < -0.4 is 10.6 Å². The molecule has 0 aliphatic heterocycles. The number of hydrogen-bond acceptors (Lipinski definition) is 3. The number of unbranched alkanes of at least 4 members (excludes halogenated alkanes) is 9. The predicted molar refractivity (Wildman–Crippen MR) is 109 cm³/mol. The van der Waals surface area contributed by atoms with Crippen molar-refractivity contribution in [2.75, 3.05) is 13.1 Å². The van der Waals surface area contributed by atoms with Crippen molar-refractivity contribution in [1.29, 1.82) is 0 Å². The molecule has 0 spiro atoms.